The van der Waals surface area contributed by atoms with Gasteiger partial charge in [-0.25, -0.2) is 24.9 Å². The molecule has 4 aromatic rings. The minimum atomic E-state index is -4.51. The number of ether oxygens (including phenoxy) is 2. The van der Waals surface area contributed by atoms with Gasteiger partial charge in [-0.15, -0.1) is 0 Å². The molecule has 3 aromatic heterocycles. The Kier molecular flexibility index (Phi) is 7.26. The molecule has 7 rings (SSSR count). The van der Waals surface area contributed by atoms with Gasteiger partial charge in [0, 0.05) is 41.5 Å². The minimum Gasteiger partial charge on any atom is -0.480 e. The molecule has 0 N–H and O–H groups in total. The minimum absolute atomic E-state index is 0.141. The zero-order chi connectivity index (χ0) is 30.6. The lowest BCUT2D eigenvalue weighted by molar-refractivity contribution is -0.140. The second-order valence-electron chi connectivity index (χ2n) is 11.9. The fourth-order valence-electron chi connectivity index (χ4n) is 6.30. The molecule has 0 radical (unpaired) electrons. The first-order chi connectivity index (χ1) is 21.2. The first kappa shape index (κ1) is 28.7. The monoisotopic (exact) mass is 605 g/mol. The fourth-order valence-corrected chi connectivity index (χ4v) is 6.30. The van der Waals surface area contributed by atoms with Crippen LogP contribution in [0.1, 0.15) is 79.3 Å². The van der Waals surface area contributed by atoms with Crippen LogP contribution >= 0.6 is 0 Å². The molecular formula is C32H34F3N7O2. The van der Waals surface area contributed by atoms with E-state index >= 15 is 0 Å². The van der Waals surface area contributed by atoms with E-state index in [1.807, 2.05) is 38.1 Å². The van der Waals surface area contributed by atoms with Gasteiger partial charge in [0.15, 0.2) is 11.5 Å². The summed E-state index contributed by atoms with van der Waals surface area (Å²) in [4.78, 5) is 25.5. The number of methoxy groups -OCH3 is 1. The van der Waals surface area contributed by atoms with Gasteiger partial charge in [-0.3, -0.25) is 0 Å². The van der Waals surface area contributed by atoms with Crippen molar-refractivity contribution in [1.29, 1.82) is 0 Å². The van der Waals surface area contributed by atoms with Crippen molar-refractivity contribution in [1.82, 2.24) is 29.5 Å². The summed E-state index contributed by atoms with van der Waals surface area (Å²) < 4.78 is 53.7. The lowest BCUT2D eigenvalue weighted by Crippen LogP contribution is -2.40. The van der Waals surface area contributed by atoms with Crippen molar-refractivity contribution in [3.63, 3.8) is 0 Å². The first-order valence-electron chi connectivity index (χ1n) is 15.1. The van der Waals surface area contributed by atoms with Gasteiger partial charge in [-0.05, 0) is 51.5 Å². The van der Waals surface area contributed by atoms with E-state index in [0.29, 0.717) is 48.8 Å². The van der Waals surface area contributed by atoms with Crippen molar-refractivity contribution in [3.8, 4) is 28.7 Å². The van der Waals surface area contributed by atoms with E-state index in [4.69, 9.17) is 19.4 Å². The highest BCUT2D eigenvalue weighted by atomic mass is 19.4. The predicted octanol–water partition coefficient (Wildman–Crippen LogP) is 6.35. The molecule has 9 nitrogen and oxygen atoms in total. The van der Waals surface area contributed by atoms with Crippen molar-refractivity contribution < 1.29 is 22.6 Å². The smallest absolute Gasteiger partial charge is 0.434 e. The second-order valence-corrected chi connectivity index (χ2v) is 11.9. The van der Waals surface area contributed by atoms with Crippen molar-refractivity contribution >= 4 is 5.82 Å². The highest BCUT2D eigenvalue weighted by molar-refractivity contribution is 5.69. The molecule has 230 valence electrons. The number of rotatable bonds is 7. The largest absolute Gasteiger partial charge is 0.480 e. The molecule has 1 atom stereocenters. The van der Waals surface area contributed by atoms with E-state index in [-0.39, 0.29) is 12.1 Å². The summed E-state index contributed by atoms with van der Waals surface area (Å²) in [6.45, 7) is 5.34. The predicted molar refractivity (Wildman–Crippen MR) is 158 cm³/mol. The normalized spacial score (nSPS) is 18.6. The van der Waals surface area contributed by atoms with Crippen LogP contribution in [-0.2, 0) is 23.8 Å². The van der Waals surface area contributed by atoms with Gasteiger partial charge in [0.2, 0.25) is 5.88 Å². The molecular weight excluding hydrogens is 571 g/mol. The summed E-state index contributed by atoms with van der Waals surface area (Å²) in [5.41, 5.74) is 4.60. The lowest BCUT2D eigenvalue weighted by Gasteiger charge is -2.38. The van der Waals surface area contributed by atoms with Crippen LogP contribution in [0.5, 0.6) is 5.88 Å². The number of anilines is 1. The Balaban J connectivity index is 1.27. The molecule has 0 amide bonds. The van der Waals surface area contributed by atoms with E-state index in [0.717, 1.165) is 72.2 Å². The van der Waals surface area contributed by atoms with E-state index in [1.165, 1.54) is 0 Å². The molecule has 1 aliphatic heterocycles. The maximum Gasteiger partial charge on any atom is 0.434 e. The molecule has 1 unspecified atom stereocenters. The Morgan fingerprint density at radius 3 is 2.52 bits per heavy atom. The van der Waals surface area contributed by atoms with Crippen molar-refractivity contribution in [3.05, 3.63) is 65.0 Å². The number of alkyl halides is 3. The van der Waals surface area contributed by atoms with Crippen LogP contribution in [0.25, 0.3) is 22.8 Å². The zero-order valence-corrected chi connectivity index (χ0v) is 24.9. The van der Waals surface area contributed by atoms with Crippen LogP contribution in [0.3, 0.4) is 0 Å². The van der Waals surface area contributed by atoms with Gasteiger partial charge in [0.25, 0.3) is 0 Å². The van der Waals surface area contributed by atoms with E-state index in [1.54, 1.807) is 18.0 Å². The van der Waals surface area contributed by atoms with Crippen LogP contribution in [0.2, 0.25) is 0 Å². The number of aromatic nitrogens is 6. The summed E-state index contributed by atoms with van der Waals surface area (Å²) in [5.74, 6) is 2.60. The van der Waals surface area contributed by atoms with Crippen molar-refractivity contribution in [2.75, 3.05) is 31.8 Å². The summed E-state index contributed by atoms with van der Waals surface area (Å²) in [7, 11) is 1.61. The number of imidazole rings is 1. The topological polar surface area (TPSA) is 91.1 Å². The molecule has 2 aliphatic carbocycles. The van der Waals surface area contributed by atoms with Crippen molar-refractivity contribution in [2.24, 2.45) is 0 Å². The number of aryl methyl sites for hydroxylation is 1. The Morgan fingerprint density at radius 2 is 1.82 bits per heavy atom. The third kappa shape index (κ3) is 5.18. The molecule has 1 saturated heterocycles. The summed E-state index contributed by atoms with van der Waals surface area (Å²) in [6.07, 6.45) is 3.03. The average molecular weight is 606 g/mol. The number of hydrogen-bond acceptors (Lipinski definition) is 8. The number of halogens is 3. The Labute approximate surface area is 253 Å². The van der Waals surface area contributed by atoms with Crippen LogP contribution in [-0.4, -0.2) is 56.4 Å². The van der Waals surface area contributed by atoms with Gasteiger partial charge in [-0.1, -0.05) is 24.3 Å². The molecule has 12 heteroatoms. The van der Waals surface area contributed by atoms with E-state index < -0.39 is 11.9 Å². The Hall–Kier alpha value is -4.06. The van der Waals surface area contributed by atoms with Gasteiger partial charge in [-0.2, -0.15) is 13.2 Å². The number of benzene rings is 1. The molecule has 3 aliphatic rings. The molecule has 0 spiro atoms. The highest BCUT2D eigenvalue weighted by Crippen LogP contribution is 2.46. The zero-order valence-electron chi connectivity index (χ0n) is 24.9. The Bertz CT molecular complexity index is 1680. The van der Waals surface area contributed by atoms with Crippen molar-refractivity contribution in [2.45, 2.75) is 70.1 Å². The molecule has 4 heterocycles. The molecule has 1 saturated carbocycles. The second kappa shape index (κ2) is 11.1. The van der Waals surface area contributed by atoms with E-state index in [9.17, 15) is 13.2 Å². The molecule has 0 bridgehead atoms. The van der Waals surface area contributed by atoms with Crippen LogP contribution in [0.4, 0.5) is 19.0 Å². The number of nitrogens with zero attached hydrogens (tertiary/aromatic N) is 7. The number of hydrogen-bond donors (Lipinski definition) is 0. The van der Waals surface area contributed by atoms with E-state index in [2.05, 4.69) is 19.9 Å². The van der Waals surface area contributed by atoms with Crippen LogP contribution < -0.4 is 9.64 Å². The van der Waals surface area contributed by atoms with Gasteiger partial charge < -0.3 is 18.9 Å². The third-order valence-electron chi connectivity index (χ3n) is 8.67. The number of morpholine rings is 1. The maximum absolute atomic E-state index is 13.5. The fraction of sp³-hybridized carbons (Fsp3) is 0.469. The van der Waals surface area contributed by atoms with Gasteiger partial charge >= 0.3 is 6.18 Å². The Morgan fingerprint density at radius 1 is 1.02 bits per heavy atom. The summed E-state index contributed by atoms with van der Waals surface area (Å²) >= 11 is 0. The third-order valence-corrected chi connectivity index (χ3v) is 8.67. The highest BCUT2D eigenvalue weighted by Gasteiger charge is 2.36. The lowest BCUT2D eigenvalue weighted by atomic mass is 10.0. The standard InChI is InChI=1S/C32H34F3N7O2/c1-18(2)42-15-25(32(33,34)35)39-29(42)21-11-7-19(8-12-21)24-16-44-14-13-41(24)30-22-5-4-6-23(22)38-28(40-30)26-27(20-9-10-20)36-17-37-31(26)43-3/h7-8,11-12,15,17-18,20,24H,4-6,9-10,13-14,16H2,1-3H3. The quantitative estimate of drug-likeness (QED) is 0.241. The maximum atomic E-state index is 13.5. The average Bonchev–Trinajstić information content (AvgIpc) is 3.57. The first-order valence-corrected chi connectivity index (χ1v) is 15.1. The van der Waals surface area contributed by atoms with Gasteiger partial charge in [0.05, 0.1) is 32.1 Å². The van der Waals surface area contributed by atoms with Crippen LogP contribution in [0, 0.1) is 0 Å². The SMILES string of the molecule is COc1ncnc(C2CC2)c1-c1nc2c(c(N3CCOCC3c3ccc(-c4nc(C(F)(F)F)cn4C(C)C)cc3)n1)CCC2. The molecule has 44 heavy (non-hydrogen) atoms. The summed E-state index contributed by atoms with van der Waals surface area (Å²) in [6, 6.07) is 7.27. The molecule has 1 aromatic carbocycles. The number of fused-ring (bicyclic) bond motifs is 1. The summed E-state index contributed by atoms with van der Waals surface area (Å²) in [5, 5.41) is 0. The van der Waals surface area contributed by atoms with Crippen LogP contribution in [0.15, 0.2) is 36.8 Å². The molecule has 2 fully saturated rings. The van der Waals surface area contributed by atoms with Gasteiger partial charge in [0.1, 0.15) is 23.5 Å².